The number of carbonyl (C=O) groups excluding carboxylic acids is 1. The molecule has 1 atom stereocenters. The number of benzene rings is 1. The molecule has 1 amide bonds. The van der Waals surface area contributed by atoms with Crippen molar-refractivity contribution < 1.29 is 4.79 Å². The first-order valence-electron chi connectivity index (χ1n) is 8.80. The minimum atomic E-state index is -0.339. The largest absolute Gasteiger partial charge is 0.347 e. The number of aryl methyl sites for hydroxylation is 1. The van der Waals surface area contributed by atoms with Gasteiger partial charge in [-0.1, -0.05) is 17.7 Å². The van der Waals surface area contributed by atoms with Crippen LogP contribution in [0.5, 0.6) is 0 Å². The second-order valence-corrected chi connectivity index (χ2v) is 7.03. The van der Waals surface area contributed by atoms with E-state index in [1.54, 1.807) is 6.33 Å². The number of hydrogen-bond donors (Lipinski definition) is 1. The fraction of sp³-hybridized carbons (Fsp3) is 0.474. The molecular weight excluding hydrogens is 300 g/mol. The van der Waals surface area contributed by atoms with Gasteiger partial charge in [0.1, 0.15) is 5.54 Å². The van der Waals surface area contributed by atoms with Crippen LogP contribution in [0.4, 0.5) is 5.69 Å². The molecule has 2 aromatic rings. The molecule has 1 spiro atoms. The Labute approximate surface area is 142 Å². The summed E-state index contributed by atoms with van der Waals surface area (Å²) in [5.74, 6) is 0.273. The molecule has 1 aromatic heterocycles. The molecule has 2 aliphatic rings. The molecule has 1 N–H and O–H groups in total. The second kappa shape index (κ2) is 6.06. The maximum Gasteiger partial charge on any atom is 0.247 e. The van der Waals surface area contributed by atoms with Gasteiger partial charge in [-0.15, -0.1) is 0 Å². The van der Waals surface area contributed by atoms with Crippen LogP contribution in [-0.2, 0) is 11.3 Å². The maximum atomic E-state index is 13.4. The lowest BCUT2D eigenvalue weighted by atomic mass is 9.85. The highest BCUT2D eigenvalue weighted by molar-refractivity contribution is 6.01. The van der Waals surface area contributed by atoms with E-state index in [-0.39, 0.29) is 11.4 Å². The van der Waals surface area contributed by atoms with Crippen LogP contribution in [0.3, 0.4) is 0 Å². The number of likely N-dealkylation sites (tertiary alicyclic amines) is 1. The Hall–Kier alpha value is -2.14. The van der Waals surface area contributed by atoms with Crippen molar-refractivity contribution in [2.45, 2.75) is 44.7 Å². The van der Waals surface area contributed by atoms with Gasteiger partial charge in [-0.25, -0.2) is 4.98 Å². The first-order valence-corrected chi connectivity index (χ1v) is 8.80. The molecule has 0 bridgehead atoms. The van der Waals surface area contributed by atoms with Crippen LogP contribution in [0.25, 0.3) is 0 Å². The average Bonchev–Trinajstić information content (AvgIpc) is 3.23. The summed E-state index contributed by atoms with van der Waals surface area (Å²) in [6.45, 7) is 4.65. The summed E-state index contributed by atoms with van der Waals surface area (Å²) in [6, 6.07) is 8.31. The number of imidazole rings is 1. The Morgan fingerprint density at radius 2 is 1.92 bits per heavy atom. The van der Waals surface area contributed by atoms with Crippen molar-refractivity contribution in [2.24, 2.45) is 0 Å². The van der Waals surface area contributed by atoms with E-state index in [1.807, 2.05) is 11.1 Å². The third-order valence-corrected chi connectivity index (χ3v) is 5.50. The molecule has 0 saturated carbocycles. The zero-order valence-corrected chi connectivity index (χ0v) is 14.2. The van der Waals surface area contributed by atoms with Crippen molar-refractivity contribution in [1.82, 2.24) is 14.9 Å². The van der Waals surface area contributed by atoms with Crippen molar-refractivity contribution in [1.29, 1.82) is 0 Å². The summed E-state index contributed by atoms with van der Waals surface area (Å²) >= 11 is 0. The van der Waals surface area contributed by atoms with E-state index in [2.05, 4.69) is 46.1 Å². The Balaban J connectivity index is 1.61. The molecule has 2 aliphatic heterocycles. The van der Waals surface area contributed by atoms with Gasteiger partial charge in [0.15, 0.2) is 0 Å². The molecule has 0 aliphatic carbocycles. The molecule has 1 unspecified atom stereocenters. The summed E-state index contributed by atoms with van der Waals surface area (Å²) in [4.78, 5) is 25.1. The summed E-state index contributed by atoms with van der Waals surface area (Å²) in [5.41, 5.74) is 2.99. The Morgan fingerprint density at radius 3 is 2.62 bits per heavy atom. The van der Waals surface area contributed by atoms with Crippen LogP contribution in [0, 0.1) is 6.92 Å². The number of aromatic nitrogens is 2. The molecule has 4 rings (SSSR count). The third kappa shape index (κ3) is 2.53. The van der Waals surface area contributed by atoms with Crippen LogP contribution < -0.4 is 4.90 Å². The number of aromatic amines is 1. The molecule has 126 valence electrons. The highest BCUT2D eigenvalue weighted by Crippen LogP contribution is 2.40. The van der Waals surface area contributed by atoms with Gasteiger partial charge in [0, 0.05) is 30.7 Å². The zero-order valence-electron chi connectivity index (χ0n) is 14.2. The zero-order chi connectivity index (χ0) is 16.6. The maximum absolute atomic E-state index is 13.4. The van der Waals surface area contributed by atoms with Crippen LogP contribution in [0.2, 0.25) is 0 Å². The molecule has 1 aromatic carbocycles. The highest BCUT2D eigenvalue weighted by atomic mass is 16.2. The molecule has 2 fully saturated rings. The number of H-pyrrole nitrogens is 1. The normalized spacial score (nSPS) is 24.9. The number of rotatable bonds is 3. The standard InChI is InChI=1S/C19H24N4O/c1-15-4-6-17(7-5-15)23-11-3-9-19(18(23)24)8-2-10-22(19)13-16-12-20-14-21-16/h4-7,12,14H,2-3,8-11,13H2,1H3,(H,20,21). The highest BCUT2D eigenvalue weighted by Gasteiger charge is 2.51. The van der Waals surface area contributed by atoms with Crippen molar-refractivity contribution >= 4 is 11.6 Å². The third-order valence-electron chi connectivity index (χ3n) is 5.50. The minimum Gasteiger partial charge on any atom is -0.347 e. The lowest BCUT2D eigenvalue weighted by Gasteiger charge is -2.44. The quantitative estimate of drug-likeness (QED) is 0.944. The number of anilines is 1. The van der Waals surface area contributed by atoms with Gasteiger partial charge in [-0.2, -0.15) is 0 Å². The number of nitrogens with one attached hydrogen (secondary N) is 1. The van der Waals surface area contributed by atoms with Crippen LogP contribution in [-0.4, -0.2) is 39.4 Å². The first-order chi connectivity index (χ1) is 11.7. The Kier molecular flexibility index (Phi) is 3.88. The first kappa shape index (κ1) is 15.4. The van der Waals surface area contributed by atoms with Crippen molar-refractivity contribution in [3.63, 3.8) is 0 Å². The molecule has 5 heteroatoms. The number of carbonyl (C=O) groups is 1. The molecule has 3 heterocycles. The number of hydrogen-bond acceptors (Lipinski definition) is 3. The van der Waals surface area contributed by atoms with E-state index >= 15 is 0 Å². The van der Waals surface area contributed by atoms with Crippen LogP contribution in [0.15, 0.2) is 36.8 Å². The molecular formula is C19H24N4O. The fourth-order valence-corrected chi connectivity index (χ4v) is 4.23. The van der Waals surface area contributed by atoms with Gasteiger partial charge < -0.3 is 9.88 Å². The van der Waals surface area contributed by atoms with E-state index in [4.69, 9.17) is 0 Å². The van der Waals surface area contributed by atoms with E-state index in [1.165, 1.54) is 5.56 Å². The summed E-state index contributed by atoms with van der Waals surface area (Å²) in [5, 5.41) is 0. The van der Waals surface area contributed by atoms with Gasteiger partial charge in [-0.05, 0) is 51.3 Å². The fourth-order valence-electron chi connectivity index (χ4n) is 4.23. The number of amides is 1. The van der Waals surface area contributed by atoms with Gasteiger partial charge >= 0.3 is 0 Å². The average molecular weight is 324 g/mol. The minimum absolute atomic E-state index is 0.273. The van der Waals surface area contributed by atoms with Gasteiger partial charge in [0.05, 0.1) is 6.33 Å². The lowest BCUT2D eigenvalue weighted by molar-refractivity contribution is -0.131. The Bertz CT molecular complexity index is 709. The second-order valence-electron chi connectivity index (χ2n) is 7.03. The molecule has 2 saturated heterocycles. The number of nitrogens with zero attached hydrogens (tertiary/aromatic N) is 3. The number of piperidine rings is 1. The molecule has 5 nitrogen and oxygen atoms in total. The van der Waals surface area contributed by atoms with Crippen LogP contribution >= 0.6 is 0 Å². The van der Waals surface area contributed by atoms with Crippen molar-refractivity contribution in [2.75, 3.05) is 18.0 Å². The topological polar surface area (TPSA) is 52.2 Å². The summed E-state index contributed by atoms with van der Waals surface area (Å²) in [7, 11) is 0. The predicted octanol–water partition coefficient (Wildman–Crippen LogP) is 2.88. The monoisotopic (exact) mass is 324 g/mol. The summed E-state index contributed by atoms with van der Waals surface area (Å²) in [6.07, 6.45) is 7.63. The van der Waals surface area contributed by atoms with E-state index in [0.717, 1.165) is 56.7 Å². The van der Waals surface area contributed by atoms with Crippen molar-refractivity contribution in [3.8, 4) is 0 Å². The lowest BCUT2D eigenvalue weighted by Crippen LogP contribution is -2.59. The van der Waals surface area contributed by atoms with Gasteiger partial charge in [0.2, 0.25) is 5.91 Å². The van der Waals surface area contributed by atoms with E-state index < -0.39 is 0 Å². The van der Waals surface area contributed by atoms with Gasteiger partial charge in [0.25, 0.3) is 0 Å². The molecule has 24 heavy (non-hydrogen) atoms. The van der Waals surface area contributed by atoms with Gasteiger partial charge in [-0.3, -0.25) is 9.69 Å². The predicted molar refractivity (Wildman–Crippen MR) is 93.7 cm³/mol. The summed E-state index contributed by atoms with van der Waals surface area (Å²) < 4.78 is 0. The van der Waals surface area contributed by atoms with Crippen LogP contribution in [0.1, 0.15) is 36.9 Å². The van der Waals surface area contributed by atoms with E-state index in [0.29, 0.717) is 0 Å². The van der Waals surface area contributed by atoms with E-state index in [9.17, 15) is 4.79 Å². The SMILES string of the molecule is Cc1ccc(N2CCCC3(CCCN3Cc3cnc[nH]3)C2=O)cc1. The smallest absolute Gasteiger partial charge is 0.247 e. The van der Waals surface area contributed by atoms with Crippen molar-refractivity contribution in [3.05, 3.63) is 48.0 Å². The molecule has 0 radical (unpaired) electrons. The Morgan fingerprint density at radius 1 is 1.17 bits per heavy atom.